The lowest BCUT2D eigenvalue weighted by molar-refractivity contribution is -0.122. The van der Waals surface area contributed by atoms with Crippen LogP contribution in [0.2, 0.25) is 5.02 Å². The molecule has 0 aliphatic carbocycles. The smallest absolute Gasteiger partial charge is 0.243 e. The van der Waals surface area contributed by atoms with E-state index in [2.05, 4.69) is 20.7 Å². The van der Waals surface area contributed by atoms with E-state index >= 15 is 0 Å². The molecule has 0 spiro atoms. The van der Waals surface area contributed by atoms with Crippen LogP contribution in [0.5, 0.6) is 11.5 Å². The van der Waals surface area contributed by atoms with E-state index in [0.717, 1.165) is 5.56 Å². The molecule has 0 saturated carbocycles. The Morgan fingerprint density at radius 1 is 1.19 bits per heavy atom. The number of nitrogens with one attached hydrogen (secondary N) is 1. The van der Waals surface area contributed by atoms with E-state index in [-0.39, 0.29) is 12.5 Å². The summed E-state index contributed by atoms with van der Waals surface area (Å²) in [6, 6.07) is 14.3. The highest BCUT2D eigenvalue weighted by Crippen LogP contribution is 2.19. The number of ether oxygens (including phenoxy) is 2. The van der Waals surface area contributed by atoms with Gasteiger partial charge in [0.1, 0.15) is 24.7 Å². The third kappa shape index (κ3) is 5.42. The molecule has 0 atom stereocenters. The van der Waals surface area contributed by atoms with Crippen LogP contribution >= 0.6 is 11.6 Å². The summed E-state index contributed by atoms with van der Waals surface area (Å²) < 4.78 is 10.7. The van der Waals surface area contributed by atoms with Crippen molar-refractivity contribution < 1.29 is 14.3 Å². The van der Waals surface area contributed by atoms with Crippen molar-refractivity contribution in [2.45, 2.75) is 6.54 Å². The molecule has 8 nitrogen and oxygen atoms in total. The molecule has 3 rings (SSSR count). The van der Waals surface area contributed by atoms with E-state index < -0.39 is 0 Å². The Kier molecular flexibility index (Phi) is 6.22. The maximum Gasteiger partial charge on any atom is 0.243 e. The summed E-state index contributed by atoms with van der Waals surface area (Å²) in [5, 5.41) is 15.5. The van der Waals surface area contributed by atoms with Gasteiger partial charge in [0.25, 0.3) is 0 Å². The molecule has 1 amide bonds. The van der Waals surface area contributed by atoms with Gasteiger partial charge in [-0.1, -0.05) is 23.7 Å². The second-order valence-corrected chi connectivity index (χ2v) is 5.96. The number of amides is 1. The number of aromatic nitrogens is 4. The Hall–Kier alpha value is -3.13. The highest BCUT2D eigenvalue weighted by molar-refractivity contribution is 6.30. The molecule has 0 bridgehead atoms. The molecule has 0 aliphatic rings. The van der Waals surface area contributed by atoms with Crippen molar-refractivity contribution in [3.8, 4) is 22.9 Å². The van der Waals surface area contributed by atoms with Crippen molar-refractivity contribution in [1.82, 2.24) is 25.5 Å². The van der Waals surface area contributed by atoms with Crippen molar-refractivity contribution in [2.75, 3.05) is 20.3 Å². The van der Waals surface area contributed by atoms with Crippen LogP contribution in [0.1, 0.15) is 0 Å². The second-order valence-electron chi connectivity index (χ2n) is 5.53. The Morgan fingerprint density at radius 3 is 2.78 bits per heavy atom. The van der Waals surface area contributed by atoms with Crippen LogP contribution in [0.3, 0.4) is 0 Å². The number of carbonyl (C=O) groups is 1. The van der Waals surface area contributed by atoms with Crippen LogP contribution < -0.4 is 14.8 Å². The fourth-order valence-corrected chi connectivity index (χ4v) is 2.39. The number of hydrogen-bond acceptors (Lipinski definition) is 6. The monoisotopic (exact) mass is 387 g/mol. The van der Waals surface area contributed by atoms with Gasteiger partial charge in [-0.15, -0.1) is 10.2 Å². The molecule has 0 aliphatic heterocycles. The maximum atomic E-state index is 12.0. The van der Waals surface area contributed by atoms with E-state index in [1.807, 2.05) is 18.2 Å². The number of tetrazole rings is 1. The molecule has 27 heavy (non-hydrogen) atoms. The predicted molar refractivity (Wildman–Crippen MR) is 99.8 cm³/mol. The van der Waals surface area contributed by atoms with Crippen LogP contribution in [0.15, 0.2) is 48.5 Å². The van der Waals surface area contributed by atoms with Crippen LogP contribution in [-0.4, -0.2) is 46.4 Å². The number of carbonyl (C=O) groups excluding carboxylic acids is 1. The molecular weight excluding hydrogens is 370 g/mol. The zero-order chi connectivity index (χ0) is 19.1. The molecule has 0 fully saturated rings. The van der Waals surface area contributed by atoms with Crippen molar-refractivity contribution in [3.63, 3.8) is 0 Å². The summed E-state index contributed by atoms with van der Waals surface area (Å²) in [6.07, 6.45) is 0. The number of rotatable bonds is 8. The van der Waals surface area contributed by atoms with Gasteiger partial charge >= 0.3 is 0 Å². The summed E-state index contributed by atoms with van der Waals surface area (Å²) in [6.45, 7) is 0.671. The number of methoxy groups -OCH3 is 1. The Morgan fingerprint density at radius 2 is 2.00 bits per heavy atom. The van der Waals surface area contributed by atoms with Gasteiger partial charge in [0.2, 0.25) is 11.7 Å². The zero-order valence-corrected chi connectivity index (χ0v) is 15.4. The average Bonchev–Trinajstić information content (AvgIpc) is 3.15. The van der Waals surface area contributed by atoms with Gasteiger partial charge in [0, 0.05) is 10.6 Å². The van der Waals surface area contributed by atoms with E-state index in [1.165, 1.54) is 4.80 Å². The van der Waals surface area contributed by atoms with Gasteiger partial charge < -0.3 is 14.8 Å². The summed E-state index contributed by atoms with van der Waals surface area (Å²) in [5.41, 5.74) is 0.761. The maximum absolute atomic E-state index is 12.0. The molecule has 9 heteroatoms. The Balaban J connectivity index is 1.45. The Bertz CT molecular complexity index is 898. The van der Waals surface area contributed by atoms with Gasteiger partial charge in [0.05, 0.1) is 13.7 Å². The van der Waals surface area contributed by atoms with Crippen molar-refractivity contribution in [1.29, 1.82) is 0 Å². The molecule has 3 aromatic rings. The predicted octanol–water partition coefficient (Wildman–Crippen LogP) is 2.20. The van der Waals surface area contributed by atoms with Crippen molar-refractivity contribution in [2.24, 2.45) is 0 Å². The van der Waals surface area contributed by atoms with Gasteiger partial charge in [-0.2, -0.15) is 4.80 Å². The standard InChI is InChI=1S/C18H18ClN5O3/c1-26-16-4-2-3-13(11-16)18-21-23-24(22-18)12-17(25)20-9-10-27-15-7-5-14(19)6-8-15/h2-8,11H,9-10,12H2,1H3,(H,20,25). The molecular formula is C18H18ClN5O3. The molecule has 1 N–H and O–H groups in total. The first-order valence-electron chi connectivity index (χ1n) is 8.21. The SMILES string of the molecule is COc1cccc(-c2nnn(CC(=O)NCCOc3ccc(Cl)cc3)n2)c1. The van der Waals surface area contributed by atoms with Crippen LogP contribution in [-0.2, 0) is 11.3 Å². The molecule has 2 aromatic carbocycles. The normalized spacial score (nSPS) is 10.4. The molecule has 0 radical (unpaired) electrons. The first-order valence-corrected chi connectivity index (χ1v) is 8.59. The summed E-state index contributed by atoms with van der Waals surface area (Å²) in [4.78, 5) is 13.2. The molecule has 0 unspecified atom stereocenters. The van der Waals surface area contributed by atoms with Crippen LogP contribution in [0.25, 0.3) is 11.4 Å². The van der Waals surface area contributed by atoms with E-state index in [0.29, 0.717) is 35.5 Å². The largest absolute Gasteiger partial charge is 0.497 e. The lowest BCUT2D eigenvalue weighted by Gasteiger charge is -2.07. The van der Waals surface area contributed by atoms with Crippen LogP contribution in [0.4, 0.5) is 0 Å². The third-order valence-corrected chi connectivity index (χ3v) is 3.82. The number of hydrogen-bond donors (Lipinski definition) is 1. The first-order chi connectivity index (χ1) is 13.1. The summed E-state index contributed by atoms with van der Waals surface area (Å²) in [7, 11) is 1.59. The lowest BCUT2D eigenvalue weighted by Crippen LogP contribution is -2.31. The van der Waals surface area contributed by atoms with Gasteiger partial charge in [-0.05, 0) is 41.6 Å². The topological polar surface area (TPSA) is 91.2 Å². The number of halogens is 1. The van der Waals surface area contributed by atoms with Crippen LogP contribution in [0, 0.1) is 0 Å². The van der Waals surface area contributed by atoms with E-state index in [9.17, 15) is 4.79 Å². The molecule has 0 saturated heterocycles. The highest BCUT2D eigenvalue weighted by Gasteiger charge is 2.10. The lowest BCUT2D eigenvalue weighted by atomic mass is 10.2. The third-order valence-electron chi connectivity index (χ3n) is 3.57. The number of nitrogens with zero attached hydrogens (tertiary/aromatic N) is 4. The van der Waals surface area contributed by atoms with Crippen molar-refractivity contribution in [3.05, 3.63) is 53.6 Å². The van der Waals surface area contributed by atoms with E-state index in [1.54, 1.807) is 37.4 Å². The fraction of sp³-hybridized carbons (Fsp3) is 0.222. The molecule has 1 aromatic heterocycles. The second kappa shape index (κ2) is 9.00. The summed E-state index contributed by atoms with van der Waals surface area (Å²) >= 11 is 5.81. The molecule has 1 heterocycles. The molecule has 140 valence electrons. The average molecular weight is 388 g/mol. The zero-order valence-electron chi connectivity index (χ0n) is 14.6. The Labute approximate surface area is 161 Å². The quantitative estimate of drug-likeness (QED) is 0.596. The fourth-order valence-electron chi connectivity index (χ4n) is 2.26. The minimum absolute atomic E-state index is 0.0298. The van der Waals surface area contributed by atoms with Gasteiger partial charge in [-0.3, -0.25) is 4.79 Å². The summed E-state index contributed by atoms with van der Waals surface area (Å²) in [5.74, 6) is 1.58. The van der Waals surface area contributed by atoms with Gasteiger partial charge in [0.15, 0.2) is 0 Å². The van der Waals surface area contributed by atoms with E-state index in [4.69, 9.17) is 21.1 Å². The number of benzene rings is 2. The first kappa shape index (κ1) is 18.7. The minimum Gasteiger partial charge on any atom is -0.497 e. The van der Waals surface area contributed by atoms with Gasteiger partial charge in [-0.25, -0.2) is 0 Å². The highest BCUT2D eigenvalue weighted by atomic mass is 35.5. The minimum atomic E-state index is -0.232. The van der Waals surface area contributed by atoms with Crippen molar-refractivity contribution >= 4 is 17.5 Å².